The Hall–Kier alpha value is -1.16. The van der Waals surface area contributed by atoms with Gasteiger partial charge >= 0.3 is 0 Å². The van der Waals surface area contributed by atoms with E-state index >= 15 is 0 Å². The van der Waals surface area contributed by atoms with Crippen LogP contribution in [0.1, 0.15) is 17.3 Å². The highest BCUT2D eigenvalue weighted by Crippen LogP contribution is 2.45. The molecule has 0 fully saturated rings. The third-order valence-electron chi connectivity index (χ3n) is 3.15. The highest BCUT2D eigenvalue weighted by atomic mass is 35.5. The first kappa shape index (κ1) is 13.3. The van der Waals surface area contributed by atoms with Crippen molar-refractivity contribution in [1.82, 2.24) is 0 Å². The fourth-order valence-corrected chi connectivity index (χ4v) is 2.52. The van der Waals surface area contributed by atoms with Crippen LogP contribution in [0.15, 0.2) is 40.4 Å². The molecule has 2 atom stereocenters. The third kappa shape index (κ3) is 1.70. The van der Waals surface area contributed by atoms with Gasteiger partial charge in [-0.3, -0.25) is 9.59 Å². The monoisotopic (exact) mass is 284 g/mol. The van der Waals surface area contributed by atoms with E-state index in [0.717, 1.165) is 0 Å². The van der Waals surface area contributed by atoms with E-state index in [4.69, 9.17) is 23.2 Å². The fraction of sp³-hybridized carbons (Fsp3) is 0.231. The van der Waals surface area contributed by atoms with Crippen LogP contribution in [0, 0.1) is 5.92 Å². The lowest BCUT2D eigenvalue weighted by Gasteiger charge is -2.38. The van der Waals surface area contributed by atoms with E-state index in [-0.39, 0.29) is 15.8 Å². The number of ketones is 2. The molecule has 3 nitrogen and oxygen atoms in total. The van der Waals surface area contributed by atoms with Crippen LogP contribution in [0.5, 0.6) is 0 Å². The average molecular weight is 285 g/mol. The van der Waals surface area contributed by atoms with Crippen molar-refractivity contribution in [2.24, 2.45) is 5.92 Å². The summed E-state index contributed by atoms with van der Waals surface area (Å²) in [4.78, 5) is 23.7. The number of benzene rings is 1. The zero-order valence-electron chi connectivity index (χ0n) is 9.48. The Bertz CT molecular complexity index is 551. The first-order valence-corrected chi connectivity index (χ1v) is 6.08. The second-order valence-electron chi connectivity index (χ2n) is 4.18. The van der Waals surface area contributed by atoms with E-state index in [1.165, 1.54) is 6.92 Å². The molecule has 0 amide bonds. The highest BCUT2D eigenvalue weighted by Gasteiger charge is 2.57. The summed E-state index contributed by atoms with van der Waals surface area (Å²) >= 11 is 11.3. The summed E-state index contributed by atoms with van der Waals surface area (Å²) < 4.78 is 0. The molecule has 5 heteroatoms. The second-order valence-corrected chi connectivity index (χ2v) is 4.93. The summed E-state index contributed by atoms with van der Waals surface area (Å²) in [5.41, 5.74) is -1.57. The molecular formula is C13H10Cl2O3. The topological polar surface area (TPSA) is 54.4 Å². The number of carbonyl (C=O) groups is 2. The fourth-order valence-electron chi connectivity index (χ4n) is 1.90. The van der Waals surface area contributed by atoms with Crippen molar-refractivity contribution in [2.45, 2.75) is 12.5 Å². The Kier molecular flexibility index (Phi) is 3.32. The maximum absolute atomic E-state index is 12.1. The van der Waals surface area contributed by atoms with E-state index in [1.54, 1.807) is 30.3 Å². The van der Waals surface area contributed by atoms with E-state index in [1.807, 2.05) is 0 Å². The number of rotatable bonds is 3. The second kappa shape index (κ2) is 4.50. The molecule has 0 bridgehead atoms. The van der Waals surface area contributed by atoms with Crippen LogP contribution in [0.2, 0.25) is 0 Å². The van der Waals surface area contributed by atoms with Gasteiger partial charge in [-0.2, -0.15) is 0 Å². The first-order valence-electron chi connectivity index (χ1n) is 5.33. The van der Waals surface area contributed by atoms with Gasteiger partial charge in [0.1, 0.15) is 5.03 Å². The molecule has 0 saturated carbocycles. The van der Waals surface area contributed by atoms with Gasteiger partial charge in [0.15, 0.2) is 11.4 Å². The molecule has 0 heterocycles. The minimum Gasteiger partial charge on any atom is -0.375 e. The Morgan fingerprint density at radius 1 is 1.28 bits per heavy atom. The van der Waals surface area contributed by atoms with Crippen LogP contribution >= 0.6 is 23.2 Å². The third-order valence-corrected chi connectivity index (χ3v) is 4.09. The molecule has 0 spiro atoms. The van der Waals surface area contributed by atoms with Crippen molar-refractivity contribution in [2.75, 3.05) is 0 Å². The van der Waals surface area contributed by atoms with Crippen molar-refractivity contribution in [3.8, 4) is 0 Å². The average Bonchev–Trinajstić information content (AvgIpc) is 2.43. The largest absolute Gasteiger partial charge is 0.375 e. The molecule has 94 valence electrons. The van der Waals surface area contributed by atoms with Crippen molar-refractivity contribution in [3.05, 3.63) is 46.0 Å². The molecule has 18 heavy (non-hydrogen) atoms. The molecule has 1 N–H and O–H groups in total. The van der Waals surface area contributed by atoms with Crippen LogP contribution < -0.4 is 0 Å². The number of aliphatic hydroxyl groups is 1. The Morgan fingerprint density at radius 3 is 2.33 bits per heavy atom. The zero-order chi connectivity index (χ0) is 13.5. The lowest BCUT2D eigenvalue weighted by Crippen LogP contribution is -2.55. The smallest absolute Gasteiger partial charge is 0.213 e. The highest BCUT2D eigenvalue weighted by molar-refractivity contribution is 6.56. The standard InChI is InChI=1S/C13H10Cl2O3/c1-7(10(16)8-5-3-2-4-6-8)13(18)11(15)9(14)12(13)17/h2-7,18H,1H3. The van der Waals surface area contributed by atoms with Crippen LogP contribution in [0.25, 0.3) is 0 Å². The van der Waals surface area contributed by atoms with Gasteiger partial charge in [0.25, 0.3) is 0 Å². The molecule has 2 unspecified atom stereocenters. The predicted octanol–water partition coefficient (Wildman–Crippen LogP) is 2.51. The predicted molar refractivity (Wildman–Crippen MR) is 68.6 cm³/mol. The van der Waals surface area contributed by atoms with E-state index in [9.17, 15) is 14.7 Å². The molecular weight excluding hydrogens is 275 g/mol. The summed E-state index contributed by atoms with van der Waals surface area (Å²) in [7, 11) is 0. The van der Waals surface area contributed by atoms with Gasteiger partial charge < -0.3 is 5.11 Å². The van der Waals surface area contributed by atoms with Gasteiger partial charge in [-0.25, -0.2) is 0 Å². The van der Waals surface area contributed by atoms with Crippen molar-refractivity contribution < 1.29 is 14.7 Å². The number of Topliss-reactive ketones (excluding diaryl/α,β-unsaturated/α-hetero) is 2. The number of carbonyl (C=O) groups excluding carboxylic acids is 2. The lowest BCUT2D eigenvalue weighted by molar-refractivity contribution is -0.135. The summed E-state index contributed by atoms with van der Waals surface area (Å²) in [5, 5.41) is 9.81. The van der Waals surface area contributed by atoms with Gasteiger partial charge in [0.05, 0.1) is 11.0 Å². The van der Waals surface area contributed by atoms with Gasteiger partial charge in [-0.1, -0.05) is 60.5 Å². The Balaban J connectivity index is 2.32. The van der Waals surface area contributed by atoms with E-state index < -0.39 is 17.3 Å². The molecule has 0 aromatic heterocycles. The SMILES string of the molecule is CC(C(=O)c1ccccc1)C1(O)C(=O)C(Cl)=C1Cl. The van der Waals surface area contributed by atoms with Crippen LogP contribution in [-0.4, -0.2) is 22.3 Å². The number of hydrogen-bond donors (Lipinski definition) is 1. The van der Waals surface area contributed by atoms with Crippen LogP contribution in [0.4, 0.5) is 0 Å². The van der Waals surface area contributed by atoms with Crippen LogP contribution in [-0.2, 0) is 4.79 Å². The van der Waals surface area contributed by atoms with Gasteiger partial charge in [0.2, 0.25) is 5.78 Å². The lowest BCUT2D eigenvalue weighted by atomic mass is 9.73. The summed E-state index contributed by atoms with van der Waals surface area (Å²) in [6.07, 6.45) is 0. The Labute approximate surface area is 114 Å². The van der Waals surface area contributed by atoms with E-state index in [0.29, 0.717) is 5.56 Å². The van der Waals surface area contributed by atoms with Gasteiger partial charge in [0, 0.05) is 5.56 Å². The van der Waals surface area contributed by atoms with Crippen LogP contribution in [0.3, 0.4) is 0 Å². The van der Waals surface area contributed by atoms with Crippen molar-refractivity contribution >= 4 is 34.8 Å². The van der Waals surface area contributed by atoms with Gasteiger partial charge in [-0.05, 0) is 0 Å². The van der Waals surface area contributed by atoms with E-state index in [2.05, 4.69) is 0 Å². The maximum Gasteiger partial charge on any atom is 0.213 e. The number of halogens is 2. The molecule has 1 aromatic rings. The summed E-state index contributed by atoms with van der Waals surface area (Å²) in [5.74, 6) is -2.03. The van der Waals surface area contributed by atoms with Crippen molar-refractivity contribution in [1.29, 1.82) is 0 Å². The summed E-state index contributed by atoms with van der Waals surface area (Å²) in [6, 6.07) is 8.41. The van der Waals surface area contributed by atoms with Crippen molar-refractivity contribution in [3.63, 3.8) is 0 Å². The minimum atomic E-state index is -1.98. The molecule has 2 rings (SSSR count). The molecule has 1 aromatic carbocycles. The Morgan fingerprint density at radius 2 is 1.83 bits per heavy atom. The summed E-state index contributed by atoms with van der Waals surface area (Å²) in [6.45, 7) is 1.46. The van der Waals surface area contributed by atoms with Gasteiger partial charge in [-0.15, -0.1) is 0 Å². The maximum atomic E-state index is 12.1. The minimum absolute atomic E-state index is 0.161. The first-order chi connectivity index (χ1) is 8.40. The molecule has 1 aliphatic carbocycles. The molecule has 0 radical (unpaired) electrons. The molecule has 0 aliphatic heterocycles. The number of hydrogen-bond acceptors (Lipinski definition) is 3. The molecule has 0 saturated heterocycles. The molecule has 1 aliphatic rings. The quantitative estimate of drug-likeness (QED) is 0.868. The zero-order valence-corrected chi connectivity index (χ0v) is 11.0. The normalized spacial score (nSPS) is 24.8.